The summed E-state index contributed by atoms with van der Waals surface area (Å²) in [5.41, 5.74) is 6.85. The van der Waals surface area contributed by atoms with Gasteiger partial charge in [-0.2, -0.15) is 0 Å². The number of carbonyl (C=O) groups excluding carboxylic acids is 2. The Morgan fingerprint density at radius 2 is 1.76 bits per heavy atom. The zero-order chi connectivity index (χ0) is 18.4. The molecule has 1 aromatic carbocycles. The van der Waals surface area contributed by atoms with E-state index in [2.05, 4.69) is 0 Å². The molecular weight excluding hydrogens is 322 g/mol. The molecule has 0 radical (unpaired) electrons. The number of methoxy groups -OCH3 is 1. The van der Waals surface area contributed by atoms with E-state index in [1.807, 2.05) is 24.3 Å². The zero-order valence-electron chi connectivity index (χ0n) is 15.1. The van der Waals surface area contributed by atoms with Crippen LogP contribution in [-0.2, 0) is 30.2 Å². The predicted octanol–water partition coefficient (Wildman–Crippen LogP) is 1.80. The first-order valence-corrected chi connectivity index (χ1v) is 8.69. The largest absolute Gasteiger partial charge is 0.465 e. The molecule has 0 amide bonds. The number of benzene rings is 1. The van der Waals surface area contributed by atoms with Crippen LogP contribution >= 0.6 is 0 Å². The Labute approximate surface area is 148 Å². The van der Waals surface area contributed by atoms with E-state index in [4.69, 9.17) is 19.9 Å². The molecule has 2 N–H and O–H groups in total. The van der Waals surface area contributed by atoms with Gasteiger partial charge >= 0.3 is 11.9 Å². The fraction of sp³-hybridized carbons (Fsp3) is 0.579. The average molecular weight is 349 g/mol. The monoisotopic (exact) mass is 349 g/mol. The number of ether oxygens (including phenoxy) is 3. The maximum absolute atomic E-state index is 13.0. The Balaban J connectivity index is 2.59. The molecule has 0 saturated heterocycles. The number of hydrogen-bond donors (Lipinski definition) is 1. The summed E-state index contributed by atoms with van der Waals surface area (Å²) >= 11 is 0. The van der Waals surface area contributed by atoms with E-state index >= 15 is 0 Å². The summed E-state index contributed by atoms with van der Waals surface area (Å²) in [6, 6.07) is 7.35. The topological polar surface area (TPSA) is 87.8 Å². The van der Waals surface area contributed by atoms with Gasteiger partial charge in [0.15, 0.2) is 5.41 Å². The quantitative estimate of drug-likeness (QED) is 0.569. The Bertz CT molecular complexity index is 598. The number of esters is 2. The maximum atomic E-state index is 13.0. The molecule has 6 heteroatoms. The highest BCUT2D eigenvalue weighted by molar-refractivity contribution is 6.01. The number of carbonyl (C=O) groups is 2. The van der Waals surface area contributed by atoms with E-state index in [0.29, 0.717) is 6.42 Å². The highest BCUT2D eigenvalue weighted by Gasteiger charge is 2.58. The molecule has 2 rings (SSSR count). The highest BCUT2D eigenvalue weighted by atomic mass is 16.6. The molecule has 1 aliphatic rings. The molecule has 0 spiro atoms. The van der Waals surface area contributed by atoms with E-state index in [1.54, 1.807) is 13.8 Å². The minimum atomic E-state index is -1.51. The van der Waals surface area contributed by atoms with Gasteiger partial charge in [0, 0.05) is 25.7 Å². The van der Waals surface area contributed by atoms with Crippen LogP contribution in [-0.4, -0.2) is 44.9 Å². The molecule has 138 valence electrons. The summed E-state index contributed by atoms with van der Waals surface area (Å²) in [7, 11) is 1.53. The van der Waals surface area contributed by atoms with Crippen molar-refractivity contribution in [3.8, 4) is 0 Å². The van der Waals surface area contributed by atoms with Crippen molar-refractivity contribution in [2.45, 2.75) is 38.6 Å². The van der Waals surface area contributed by atoms with Crippen LogP contribution in [0.5, 0.6) is 0 Å². The Hall–Kier alpha value is -1.92. The van der Waals surface area contributed by atoms with Crippen molar-refractivity contribution in [3.05, 3.63) is 35.4 Å². The van der Waals surface area contributed by atoms with Crippen molar-refractivity contribution in [1.29, 1.82) is 0 Å². The highest BCUT2D eigenvalue weighted by Crippen LogP contribution is 2.48. The second-order valence-corrected chi connectivity index (χ2v) is 6.20. The molecule has 1 aliphatic carbocycles. The van der Waals surface area contributed by atoms with Gasteiger partial charge in [0.05, 0.1) is 13.2 Å². The van der Waals surface area contributed by atoms with Gasteiger partial charge in [-0.3, -0.25) is 9.59 Å². The normalized spacial score (nSPS) is 19.4. The van der Waals surface area contributed by atoms with Gasteiger partial charge in [-0.1, -0.05) is 24.3 Å². The third kappa shape index (κ3) is 3.55. The molecule has 2 atom stereocenters. The summed E-state index contributed by atoms with van der Waals surface area (Å²) in [6.07, 6.45) is 0.766. The second-order valence-electron chi connectivity index (χ2n) is 6.20. The summed E-state index contributed by atoms with van der Waals surface area (Å²) in [6.45, 7) is 4.01. The molecule has 0 bridgehead atoms. The van der Waals surface area contributed by atoms with Crippen molar-refractivity contribution >= 4 is 11.9 Å². The van der Waals surface area contributed by atoms with Gasteiger partial charge in [-0.05, 0) is 37.8 Å². The van der Waals surface area contributed by atoms with Crippen LogP contribution in [0.4, 0.5) is 0 Å². The van der Waals surface area contributed by atoms with E-state index in [0.717, 1.165) is 11.1 Å². The smallest absolute Gasteiger partial charge is 0.324 e. The number of hydrogen-bond acceptors (Lipinski definition) is 6. The molecule has 0 heterocycles. The number of fused-ring (bicyclic) bond motifs is 1. The van der Waals surface area contributed by atoms with E-state index in [9.17, 15) is 9.59 Å². The predicted molar refractivity (Wildman–Crippen MR) is 93.1 cm³/mol. The molecule has 0 fully saturated rings. The van der Waals surface area contributed by atoms with Gasteiger partial charge in [0.1, 0.15) is 0 Å². The van der Waals surface area contributed by atoms with Crippen molar-refractivity contribution in [1.82, 2.24) is 0 Å². The molecule has 25 heavy (non-hydrogen) atoms. The molecule has 1 aromatic rings. The first kappa shape index (κ1) is 19.4. The van der Waals surface area contributed by atoms with Gasteiger partial charge in [-0.25, -0.2) is 0 Å². The Morgan fingerprint density at radius 3 is 2.32 bits per heavy atom. The minimum absolute atomic E-state index is 0.161. The zero-order valence-corrected chi connectivity index (χ0v) is 15.1. The van der Waals surface area contributed by atoms with Crippen LogP contribution < -0.4 is 5.73 Å². The van der Waals surface area contributed by atoms with Crippen LogP contribution in [0.3, 0.4) is 0 Å². The Morgan fingerprint density at radius 1 is 1.16 bits per heavy atom. The van der Waals surface area contributed by atoms with Crippen molar-refractivity contribution in [3.63, 3.8) is 0 Å². The molecule has 0 saturated carbocycles. The van der Waals surface area contributed by atoms with Crippen molar-refractivity contribution in [2.24, 2.45) is 11.1 Å². The average Bonchev–Trinajstić information content (AvgIpc) is 2.93. The van der Waals surface area contributed by atoms with Gasteiger partial charge in [0.25, 0.3) is 0 Å². The molecule has 6 nitrogen and oxygen atoms in total. The lowest BCUT2D eigenvalue weighted by molar-refractivity contribution is -0.176. The molecular formula is C19H27NO5. The first-order valence-electron chi connectivity index (χ1n) is 8.69. The summed E-state index contributed by atoms with van der Waals surface area (Å²) in [5, 5.41) is 0. The fourth-order valence-corrected chi connectivity index (χ4v) is 3.74. The second kappa shape index (κ2) is 8.45. The lowest BCUT2D eigenvalue weighted by Crippen LogP contribution is -2.51. The first-order chi connectivity index (χ1) is 12.0. The summed E-state index contributed by atoms with van der Waals surface area (Å²) in [5.74, 6) is -1.69. The molecule has 0 aromatic heterocycles. The van der Waals surface area contributed by atoms with Crippen LogP contribution in [0.25, 0.3) is 0 Å². The fourth-order valence-electron chi connectivity index (χ4n) is 3.74. The third-order valence-electron chi connectivity index (χ3n) is 4.78. The minimum Gasteiger partial charge on any atom is -0.465 e. The lowest BCUT2D eigenvalue weighted by Gasteiger charge is -2.36. The van der Waals surface area contributed by atoms with Gasteiger partial charge in [0.2, 0.25) is 0 Å². The Kier molecular flexibility index (Phi) is 6.56. The SMILES string of the molecule is CCOC(=O)C(CCOC)(C(=O)OCC)[C@@H]1c2ccccc2C[C@H]1N. The molecule has 0 aliphatic heterocycles. The van der Waals surface area contributed by atoms with E-state index in [1.165, 1.54) is 7.11 Å². The summed E-state index contributed by atoms with van der Waals surface area (Å²) in [4.78, 5) is 26.0. The number of rotatable bonds is 8. The van der Waals surface area contributed by atoms with E-state index < -0.39 is 23.3 Å². The van der Waals surface area contributed by atoms with Crippen molar-refractivity contribution < 1.29 is 23.8 Å². The maximum Gasteiger partial charge on any atom is 0.324 e. The van der Waals surface area contributed by atoms with Crippen LogP contribution in [0.1, 0.15) is 37.3 Å². The molecule has 0 unspecified atom stereocenters. The summed E-state index contributed by atoms with van der Waals surface area (Å²) < 4.78 is 15.8. The van der Waals surface area contributed by atoms with Crippen molar-refractivity contribution in [2.75, 3.05) is 26.9 Å². The van der Waals surface area contributed by atoms with Crippen LogP contribution in [0.2, 0.25) is 0 Å². The van der Waals surface area contributed by atoms with E-state index in [-0.39, 0.29) is 32.3 Å². The lowest BCUT2D eigenvalue weighted by atomic mass is 9.68. The number of nitrogens with two attached hydrogens (primary N) is 1. The standard InChI is InChI=1S/C19H27NO5/c1-4-24-17(21)19(10-11-23-3,18(22)25-5-2)16-14-9-7-6-8-13(14)12-15(16)20/h6-9,15-16H,4-5,10-12,20H2,1-3H3/t15-,16-/m1/s1. The van der Waals surface area contributed by atoms with Gasteiger partial charge in [-0.15, -0.1) is 0 Å². The third-order valence-corrected chi connectivity index (χ3v) is 4.78. The van der Waals surface area contributed by atoms with Crippen LogP contribution in [0, 0.1) is 5.41 Å². The van der Waals surface area contributed by atoms with Crippen LogP contribution in [0.15, 0.2) is 24.3 Å². The van der Waals surface area contributed by atoms with Gasteiger partial charge < -0.3 is 19.9 Å².